The Labute approximate surface area is 143 Å². The van der Waals surface area contributed by atoms with Crippen LogP contribution in [0.15, 0.2) is 47.4 Å². The van der Waals surface area contributed by atoms with E-state index in [0.29, 0.717) is 5.75 Å². The molecule has 24 heavy (non-hydrogen) atoms. The third kappa shape index (κ3) is 4.36. The van der Waals surface area contributed by atoms with Crippen LogP contribution >= 0.6 is 11.6 Å². The number of para-hydroxylation sites is 2. The van der Waals surface area contributed by atoms with Gasteiger partial charge in [-0.05, 0) is 30.3 Å². The van der Waals surface area contributed by atoms with Gasteiger partial charge in [-0.1, -0.05) is 23.7 Å². The maximum absolute atomic E-state index is 13.7. The number of hydrogen-bond acceptors (Lipinski definition) is 5. The lowest BCUT2D eigenvalue weighted by atomic mass is 10.3. The fraction of sp³-hybridized carbons (Fsp3) is 0.133. The summed E-state index contributed by atoms with van der Waals surface area (Å²) in [4.78, 5) is 11.1. The molecule has 0 fully saturated rings. The normalized spacial score (nSPS) is 11.0. The summed E-state index contributed by atoms with van der Waals surface area (Å²) >= 11 is 5.56. The van der Waals surface area contributed by atoms with E-state index in [1.54, 1.807) is 29.0 Å². The maximum atomic E-state index is 13.7. The first-order valence-electron chi connectivity index (χ1n) is 6.60. The molecule has 0 aliphatic heterocycles. The van der Waals surface area contributed by atoms with Gasteiger partial charge in [0, 0.05) is 5.02 Å². The molecule has 0 atom stereocenters. The lowest BCUT2D eigenvalue weighted by Gasteiger charge is -2.11. The molecule has 6 nitrogen and oxygen atoms in total. The third-order valence-corrected chi connectivity index (χ3v) is 4.50. The summed E-state index contributed by atoms with van der Waals surface area (Å²) in [5.74, 6) is -1.37. The van der Waals surface area contributed by atoms with Gasteiger partial charge >= 0.3 is 0 Å². The lowest BCUT2D eigenvalue weighted by molar-refractivity contribution is -0.121. The van der Waals surface area contributed by atoms with E-state index in [9.17, 15) is 17.6 Å². The van der Waals surface area contributed by atoms with E-state index in [4.69, 9.17) is 21.1 Å². The van der Waals surface area contributed by atoms with Gasteiger partial charge in [0.2, 0.25) is 0 Å². The number of ether oxygens (including phenoxy) is 2. The van der Waals surface area contributed by atoms with Crippen molar-refractivity contribution in [3.63, 3.8) is 0 Å². The van der Waals surface area contributed by atoms with Crippen molar-refractivity contribution in [2.24, 2.45) is 0 Å². The molecular formula is C15H13ClFNO5S. The van der Waals surface area contributed by atoms with E-state index >= 15 is 0 Å². The highest BCUT2D eigenvalue weighted by atomic mass is 35.5. The monoisotopic (exact) mass is 373 g/mol. The molecule has 0 radical (unpaired) electrons. The Morgan fingerprint density at radius 2 is 1.88 bits per heavy atom. The van der Waals surface area contributed by atoms with Gasteiger partial charge in [-0.2, -0.15) is 0 Å². The Morgan fingerprint density at radius 1 is 1.21 bits per heavy atom. The van der Waals surface area contributed by atoms with Crippen molar-refractivity contribution < 1.29 is 27.1 Å². The highest BCUT2D eigenvalue weighted by molar-refractivity contribution is 7.90. The molecule has 0 spiro atoms. The average molecular weight is 374 g/mol. The van der Waals surface area contributed by atoms with Gasteiger partial charge in [0.15, 0.2) is 18.1 Å². The number of carbonyl (C=O) groups is 1. The van der Waals surface area contributed by atoms with Gasteiger partial charge in [-0.25, -0.2) is 17.5 Å². The van der Waals surface area contributed by atoms with Crippen molar-refractivity contribution in [3.8, 4) is 11.5 Å². The van der Waals surface area contributed by atoms with Crippen molar-refractivity contribution in [2.75, 3.05) is 13.7 Å². The second-order valence-electron chi connectivity index (χ2n) is 4.54. The fourth-order valence-corrected chi connectivity index (χ4v) is 3.00. The Bertz CT molecular complexity index is 857. The largest absolute Gasteiger partial charge is 0.493 e. The molecule has 2 aromatic carbocycles. The van der Waals surface area contributed by atoms with E-state index in [0.717, 1.165) is 12.1 Å². The molecule has 128 valence electrons. The number of hydrogen-bond donors (Lipinski definition) is 1. The van der Waals surface area contributed by atoms with Crippen molar-refractivity contribution in [1.82, 2.24) is 4.72 Å². The molecular weight excluding hydrogens is 361 g/mol. The maximum Gasteiger partial charge on any atom is 0.271 e. The number of sulfonamides is 1. The summed E-state index contributed by atoms with van der Waals surface area (Å²) in [5, 5.41) is 0.0392. The Hall–Kier alpha value is -2.32. The summed E-state index contributed by atoms with van der Waals surface area (Å²) < 4.78 is 49.7. The van der Waals surface area contributed by atoms with Gasteiger partial charge in [0.25, 0.3) is 15.9 Å². The number of halogens is 2. The molecule has 0 aliphatic rings. The summed E-state index contributed by atoms with van der Waals surface area (Å²) in [6.07, 6.45) is 0. The summed E-state index contributed by atoms with van der Waals surface area (Å²) in [6, 6.07) is 9.55. The second-order valence-corrected chi connectivity index (χ2v) is 6.63. The highest BCUT2D eigenvalue weighted by Gasteiger charge is 2.22. The second kappa shape index (κ2) is 7.50. The van der Waals surface area contributed by atoms with Crippen LogP contribution in [-0.4, -0.2) is 28.0 Å². The van der Waals surface area contributed by atoms with Crippen LogP contribution in [0.1, 0.15) is 0 Å². The predicted octanol–water partition coefficient (Wildman–Crippen LogP) is 2.37. The van der Waals surface area contributed by atoms with Crippen molar-refractivity contribution in [1.29, 1.82) is 0 Å². The first kappa shape index (κ1) is 18.0. The predicted molar refractivity (Wildman–Crippen MR) is 85.2 cm³/mol. The van der Waals surface area contributed by atoms with Gasteiger partial charge in [0.1, 0.15) is 10.7 Å². The van der Waals surface area contributed by atoms with Crippen LogP contribution < -0.4 is 14.2 Å². The molecule has 1 N–H and O–H groups in total. The highest BCUT2D eigenvalue weighted by Crippen LogP contribution is 2.25. The molecule has 0 aliphatic carbocycles. The molecule has 0 heterocycles. The Kier molecular flexibility index (Phi) is 5.63. The first-order chi connectivity index (χ1) is 11.3. The molecule has 0 saturated carbocycles. The minimum absolute atomic E-state index is 0.0392. The molecule has 2 aromatic rings. The Morgan fingerprint density at radius 3 is 2.50 bits per heavy atom. The lowest BCUT2D eigenvalue weighted by Crippen LogP contribution is -2.34. The van der Waals surface area contributed by atoms with E-state index in [-0.39, 0.29) is 10.8 Å². The number of benzene rings is 2. The van der Waals surface area contributed by atoms with Gasteiger partial charge in [-0.3, -0.25) is 4.79 Å². The topological polar surface area (TPSA) is 81.7 Å². The van der Waals surface area contributed by atoms with Crippen LogP contribution in [0.4, 0.5) is 4.39 Å². The van der Waals surface area contributed by atoms with Crippen LogP contribution in [0, 0.1) is 5.82 Å². The zero-order valence-electron chi connectivity index (χ0n) is 12.5. The minimum Gasteiger partial charge on any atom is -0.493 e. The molecule has 0 unspecified atom stereocenters. The average Bonchev–Trinajstić information content (AvgIpc) is 2.52. The van der Waals surface area contributed by atoms with Gasteiger partial charge in [0.05, 0.1) is 7.11 Å². The van der Waals surface area contributed by atoms with Crippen LogP contribution in [0.2, 0.25) is 5.02 Å². The quantitative estimate of drug-likeness (QED) is 0.840. The van der Waals surface area contributed by atoms with Crippen LogP contribution in [-0.2, 0) is 14.8 Å². The number of methoxy groups -OCH3 is 1. The standard InChI is InChI=1S/C15H13ClFNO5S/c1-22-12-4-2-3-5-13(12)23-9-15(19)18-24(20,21)14-7-6-10(16)8-11(14)17/h2-8H,9H2,1H3,(H,18,19). The number of carbonyl (C=O) groups excluding carboxylic acids is 1. The zero-order chi connectivity index (χ0) is 17.7. The fourth-order valence-electron chi connectivity index (χ4n) is 1.81. The summed E-state index contributed by atoms with van der Waals surface area (Å²) in [6.45, 7) is -0.588. The summed E-state index contributed by atoms with van der Waals surface area (Å²) in [7, 11) is -2.94. The van der Waals surface area contributed by atoms with E-state index in [2.05, 4.69) is 0 Å². The first-order valence-corrected chi connectivity index (χ1v) is 8.46. The van der Waals surface area contributed by atoms with Gasteiger partial charge < -0.3 is 9.47 Å². The number of nitrogens with one attached hydrogen (secondary N) is 1. The Balaban J connectivity index is 2.06. The summed E-state index contributed by atoms with van der Waals surface area (Å²) in [5.41, 5.74) is 0. The van der Waals surface area contributed by atoms with Crippen molar-refractivity contribution >= 4 is 27.5 Å². The molecule has 2 rings (SSSR count). The minimum atomic E-state index is -4.37. The third-order valence-electron chi connectivity index (χ3n) is 2.86. The van der Waals surface area contributed by atoms with E-state index < -0.39 is 33.3 Å². The van der Waals surface area contributed by atoms with Gasteiger partial charge in [-0.15, -0.1) is 0 Å². The molecule has 0 bridgehead atoms. The SMILES string of the molecule is COc1ccccc1OCC(=O)NS(=O)(=O)c1ccc(Cl)cc1F. The van der Waals surface area contributed by atoms with Crippen molar-refractivity contribution in [2.45, 2.75) is 4.90 Å². The smallest absolute Gasteiger partial charge is 0.271 e. The van der Waals surface area contributed by atoms with Crippen molar-refractivity contribution in [3.05, 3.63) is 53.3 Å². The number of rotatable bonds is 6. The zero-order valence-corrected chi connectivity index (χ0v) is 14.0. The van der Waals surface area contributed by atoms with Crippen LogP contribution in [0.3, 0.4) is 0 Å². The van der Waals surface area contributed by atoms with Crippen LogP contribution in [0.5, 0.6) is 11.5 Å². The van der Waals surface area contributed by atoms with Crippen LogP contribution in [0.25, 0.3) is 0 Å². The molecule has 9 heteroatoms. The van der Waals surface area contributed by atoms with E-state index in [1.165, 1.54) is 13.2 Å². The molecule has 0 saturated heterocycles. The van der Waals surface area contributed by atoms with E-state index in [1.807, 2.05) is 0 Å². The number of amides is 1. The molecule has 1 amide bonds. The molecule has 0 aromatic heterocycles.